The molecule has 0 radical (unpaired) electrons. The summed E-state index contributed by atoms with van der Waals surface area (Å²) in [6.07, 6.45) is 2.61. The number of ether oxygens (including phenoxy) is 2. The molecule has 1 N–H and O–H groups in total. The van der Waals surface area contributed by atoms with Crippen molar-refractivity contribution in [1.82, 2.24) is 4.90 Å². The van der Waals surface area contributed by atoms with Gasteiger partial charge in [-0.15, -0.1) is 0 Å². The number of Topliss-reactive ketones (excluding diaryl/α,β-unsaturated/α-hetero) is 2. The minimum Gasteiger partial charge on any atom is -0.493 e. The molecule has 0 saturated carbocycles. The van der Waals surface area contributed by atoms with Gasteiger partial charge in [0.1, 0.15) is 6.54 Å². The lowest BCUT2D eigenvalue weighted by Crippen LogP contribution is -2.41. The molecule has 1 heterocycles. The maximum Gasteiger partial charge on any atom is 0.323 e. The van der Waals surface area contributed by atoms with Gasteiger partial charge in [0.15, 0.2) is 23.1 Å². The Morgan fingerprint density at radius 2 is 1.60 bits per heavy atom. The average Bonchev–Trinajstić information content (AvgIpc) is 2.94. The number of rotatable bonds is 8. The van der Waals surface area contributed by atoms with Crippen LogP contribution in [0.3, 0.4) is 0 Å². The number of halogens is 1. The summed E-state index contributed by atoms with van der Waals surface area (Å²) in [6, 6.07) is 6.19. The number of nitrogens with zero attached hydrogens (tertiary/aromatic N) is 3. The molecule has 2 aromatic carbocycles. The predicted molar refractivity (Wildman–Crippen MR) is 149 cm³/mol. The molecular formula is C28H24BrN3O10. The smallest absolute Gasteiger partial charge is 0.323 e. The molecule has 0 atom stereocenters. The molecule has 5 rings (SSSR count). The third-order valence-corrected chi connectivity index (χ3v) is 8.12. The van der Waals surface area contributed by atoms with Gasteiger partial charge in [0.25, 0.3) is 5.69 Å². The van der Waals surface area contributed by atoms with Crippen molar-refractivity contribution in [2.45, 2.75) is 44.4 Å². The van der Waals surface area contributed by atoms with E-state index in [4.69, 9.17) is 9.47 Å². The van der Waals surface area contributed by atoms with Crippen LogP contribution in [0.5, 0.6) is 17.2 Å². The number of nitro groups is 2. The van der Waals surface area contributed by atoms with E-state index < -0.39 is 33.1 Å². The lowest BCUT2D eigenvalue weighted by Gasteiger charge is -2.43. The Balaban J connectivity index is 1.65. The van der Waals surface area contributed by atoms with Gasteiger partial charge in [-0.1, -0.05) is 0 Å². The molecule has 0 aromatic heterocycles. The second kappa shape index (κ2) is 11.4. The Morgan fingerprint density at radius 3 is 2.12 bits per heavy atom. The van der Waals surface area contributed by atoms with Crippen LogP contribution < -0.4 is 9.47 Å². The van der Waals surface area contributed by atoms with Gasteiger partial charge in [-0.3, -0.25) is 34.6 Å². The van der Waals surface area contributed by atoms with Crippen molar-refractivity contribution in [2.75, 3.05) is 13.7 Å². The molecule has 0 bridgehead atoms. The van der Waals surface area contributed by atoms with E-state index in [9.17, 15) is 39.7 Å². The number of carboxylic acid groups (broad SMARTS) is 1. The van der Waals surface area contributed by atoms with Crippen LogP contribution in [-0.4, -0.2) is 51.0 Å². The minimum absolute atomic E-state index is 0.0369. The molecule has 13 nitrogen and oxygen atoms in total. The van der Waals surface area contributed by atoms with Crippen molar-refractivity contribution in [2.24, 2.45) is 0 Å². The van der Waals surface area contributed by atoms with Crippen LogP contribution in [0.4, 0.5) is 11.4 Å². The number of ketones is 2. The molecule has 42 heavy (non-hydrogen) atoms. The molecule has 14 heteroatoms. The maximum atomic E-state index is 13.4. The highest BCUT2D eigenvalue weighted by molar-refractivity contribution is 9.10. The monoisotopic (exact) mass is 641 g/mol. The van der Waals surface area contributed by atoms with Crippen LogP contribution in [0.25, 0.3) is 0 Å². The van der Waals surface area contributed by atoms with E-state index in [1.807, 2.05) is 0 Å². The van der Waals surface area contributed by atoms with Crippen molar-refractivity contribution < 1.29 is 38.8 Å². The molecule has 0 spiro atoms. The zero-order valence-corrected chi connectivity index (χ0v) is 23.8. The van der Waals surface area contributed by atoms with Crippen LogP contribution in [0.1, 0.15) is 50.0 Å². The lowest BCUT2D eigenvalue weighted by molar-refractivity contribution is -0.394. The van der Waals surface area contributed by atoms with Crippen LogP contribution >= 0.6 is 15.9 Å². The Morgan fingerprint density at radius 1 is 0.976 bits per heavy atom. The summed E-state index contributed by atoms with van der Waals surface area (Å²) < 4.78 is 11.7. The van der Waals surface area contributed by atoms with E-state index in [0.29, 0.717) is 53.8 Å². The highest BCUT2D eigenvalue weighted by Gasteiger charge is 2.44. The molecule has 218 valence electrons. The summed E-state index contributed by atoms with van der Waals surface area (Å²) >= 11 is 3.44. The number of hydrogen-bond acceptors (Lipinski definition) is 10. The number of non-ortho nitro benzene ring substituents is 1. The van der Waals surface area contributed by atoms with Gasteiger partial charge in [-0.2, -0.15) is 0 Å². The summed E-state index contributed by atoms with van der Waals surface area (Å²) in [5.41, 5.74) is 1.37. The second-order valence-electron chi connectivity index (χ2n) is 9.99. The topological polar surface area (TPSA) is 179 Å². The Bertz CT molecular complexity index is 1590. The first-order valence-electron chi connectivity index (χ1n) is 13.0. The molecule has 2 aliphatic carbocycles. The first-order valence-corrected chi connectivity index (χ1v) is 13.8. The van der Waals surface area contributed by atoms with Crippen LogP contribution in [-0.2, 0) is 14.4 Å². The third kappa shape index (κ3) is 5.13. The van der Waals surface area contributed by atoms with E-state index >= 15 is 0 Å². The van der Waals surface area contributed by atoms with Gasteiger partial charge in [0.05, 0.1) is 27.5 Å². The van der Waals surface area contributed by atoms with Crippen molar-refractivity contribution in [3.05, 3.63) is 83.1 Å². The van der Waals surface area contributed by atoms with Crippen molar-refractivity contribution in [1.29, 1.82) is 0 Å². The number of aliphatic carboxylic acids is 1. The third-order valence-electron chi connectivity index (χ3n) is 7.53. The Hall–Kier alpha value is -4.59. The number of methoxy groups -OCH3 is 1. The summed E-state index contributed by atoms with van der Waals surface area (Å²) in [7, 11) is 1.35. The summed E-state index contributed by atoms with van der Waals surface area (Å²) in [5.74, 6) is -2.29. The maximum absolute atomic E-state index is 13.4. The summed E-state index contributed by atoms with van der Waals surface area (Å²) in [6.45, 7) is -0.362. The summed E-state index contributed by atoms with van der Waals surface area (Å²) in [4.78, 5) is 61.5. The van der Waals surface area contributed by atoms with E-state index in [0.717, 1.165) is 18.2 Å². The zero-order valence-electron chi connectivity index (χ0n) is 22.3. The van der Waals surface area contributed by atoms with E-state index in [1.165, 1.54) is 7.11 Å². The van der Waals surface area contributed by atoms with E-state index in [1.54, 1.807) is 17.0 Å². The fraction of sp³-hybridized carbons (Fsp3) is 0.321. The van der Waals surface area contributed by atoms with Crippen LogP contribution in [0.2, 0.25) is 0 Å². The number of carbonyl (C=O) groups excluding carboxylic acids is 2. The fourth-order valence-electron chi connectivity index (χ4n) is 5.84. The first kappa shape index (κ1) is 28.9. The molecule has 0 fully saturated rings. The Kier molecular flexibility index (Phi) is 7.82. The predicted octanol–water partition coefficient (Wildman–Crippen LogP) is 5.56. The van der Waals surface area contributed by atoms with Crippen LogP contribution in [0, 0.1) is 20.2 Å². The SMILES string of the molecule is COc1cc(C2C3=C(CCCC3=O)N(CC(=O)O)C3=C2C(=O)CCC3)cc(Br)c1Oc1ccc([N+](=O)[O-])cc1[N+](=O)[O-]. The minimum atomic E-state index is -1.07. The molecule has 0 amide bonds. The number of carbonyl (C=O) groups is 3. The highest BCUT2D eigenvalue weighted by atomic mass is 79.9. The van der Waals surface area contributed by atoms with Crippen molar-refractivity contribution >= 4 is 44.8 Å². The lowest BCUT2D eigenvalue weighted by atomic mass is 9.71. The number of benzene rings is 2. The number of carboxylic acids is 1. The van der Waals surface area contributed by atoms with Crippen molar-refractivity contribution in [3.8, 4) is 17.2 Å². The van der Waals surface area contributed by atoms with Crippen molar-refractivity contribution in [3.63, 3.8) is 0 Å². The molecule has 1 aliphatic heterocycles. The highest BCUT2D eigenvalue weighted by Crippen LogP contribution is 2.51. The number of allylic oxidation sites excluding steroid dienone is 4. The molecule has 3 aliphatic rings. The molecule has 0 saturated heterocycles. The standard InChI is InChI=1S/C28H24BrN3O10/c1-41-23-11-14(10-16(29)28(23)42-22-9-8-15(31(37)38)12-19(22)32(39)40)25-26-17(4-2-6-20(26)33)30(13-24(35)36)18-5-3-7-21(34)27(18)25/h8-12,25H,2-7,13H2,1H3,(H,35,36). The number of hydrogen-bond donors (Lipinski definition) is 1. The molecule has 2 aromatic rings. The van der Waals surface area contributed by atoms with Gasteiger partial charge < -0.3 is 19.5 Å². The van der Waals surface area contributed by atoms with Gasteiger partial charge in [-0.25, -0.2) is 0 Å². The normalized spacial score (nSPS) is 17.1. The zero-order chi connectivity index (χ0) is 30.3. The van der Waals surface area contributed by atoms with Gasteiger partial charge in [0.2, 0.25) is 5.75 Å². The van der Waals surface area contributed by atoms with Gasteiger partial charge in [-0.05, 0) is 65.4 Å². The van der Waals surface area contributed by atoms with E-state index in [-0.39, 0.29) is 52.7 Å². The van der Waals surface area contributed by atoms with Gasteiger partial charge >= 0.3 is 11.7 Å². The van der Waals surface area contributed by atoms with Crippen LogP contribution in [0.15, 0.2) is 57.3 Å². The Labute approximate surface area is 246 Å². The molecule has 0 unspecified atom stereocenters. The summed E-state index contributed by atoms with van der Waals surface area (Å²) in [5, 5.41) is 32.4. The average molecular weight is 642 g/mol. The van der Waals surface area contributed by atoms with E-state index in [2.05, 4.69) is 15.9 Å². The quantitative estimate of drug-likeness (QED) is 0.281. The molecular weight excluding hydrogens is 618 g/mol. The first-order chi connectivity index (χ1) is 20.0. The van der Waals surface area contributed by atoms with Gasteiger partial charge in [0, 0.05) is 47.4 Å². The number of nitro benzene ring substituents is 2. The fourth-order valence-corrected chi connectivity index (χ4v) is 6.38. The largest absolute Gasteiger partial charge is 0.493 e. The second-order valence-corrected chi connectivity index (χ2v) is 10.8.